The number of carbonyl (C=O) groups is 2. The SMILES string of the molecule is O=C(Nc1ccc(F)cc1)N1CCN(C(=O)c2ccc3cc[nH]c3c2)CC1. The van der Waals surface area contributed by atoms with Gasteiger partial charge in [-0.2, -0.15) is 0 Å². The maximum absolute atomic E-state index is 12.9. The average Bonchev–Trinajstić information content (AvgIpc) is 3.17. The third kappa shape index (κ3) is 3.62. The Morgan fingerprint density at radius 3 is 2.37 bits per heavy atom. The van der Waals surface area contributed by atoms with Crippen LogP contribution < -0.4 is 5.32 Å². The maximum atomic E-state index is 12.9. The summed E-state index contributed by atoms with van der Waals surface area (Å²) in [5, 5.41) is 3.81. The largest absolute Gasteiger partial charge is 0.361 e. The second kappa shape index (κ2) is 7.11. The van der Waals surface area contributed by atoms with Crippen LogP contribution in [0.2, 0.25) is 0 Å². The summed E-state index contributed by atoms with van der Waals surface area (Å²) in [5.41, 5.74) is 2.10. The highest BCUT2D eigenvalue weighted by Gasteiger charge is 2.25. The highest BCUT2D eigenvalue weighted by atomic mass is 19.1. The normalized spacial score (nSPS) is 14.4. The van der Waals surface area contributed by atoms with Crippen molar-refractivity contribution in [1.29, 1.82) is 0 Å². The van der Waals surface area contributed by atoms with Crippen molar-refractivity contribution in [2.24, 2.45) is 0 Å². The molecule has 2 aromatic carbocycles. The fourth-order valence-corrected chi connectivity index (χ4v) is 3.21. The molecule has 0 spiro atoms. The molecule has 1 aromatic heterocycles. The molecule has 4 rings (SSSR count). The Hall–Kier alpha value is -3.35. The van der Waals surface area contributed by atoms with E-state index in [-0.39, 0.29) is 17.8 Å². The van der Waals surface area contributed by atoms with Crippen LogP contribution >= 0.6 is 0 Å². The molecule has 2 heterocycles. The number of halogens is 1. The van der Waals surface area contributed by atoms with Crippen LogP contribution in [0.5, 0.6) is 0 Å². The summed E-state index contributed by atoms with van der Waals surface area (Å²) >= 11 is 0. The molecule has 2 N–H and O–H groups in total. The molecule has 27 heavy (non-hydrogen) atoms. The van der Waals surface area contributed by atoms with Gasteiger partial charge in [-0.1, -0.05) is 6.07 Å². The van der Waals surface area contributed by atoms with E-state index in [1.165, 1.54) is 24.3 Å². The van der Waals surface area contributed by atoms with Crippen LogP contribution in [-0.2, 0) is 0 Å². The first-order valence-corrected chi connectivity index (χ1v) is 8.78. The number of rotatable bonds is 2. The second-order valence-corrected chi connectivity index (χ2v) is 6.50. The third-order valence-electron chi connectivity index (χ3n) is 4.75. The van der Waals surface area contributed by atoms with E-state index >= 15 is 0 Å². The molecule has 7 heteroatoms. The number of carbonyl (C=O) groups excluding carboxylic acids is 2. The van der Waals surface area contributed by atoms with Crippen molar-refractivity contribution in [3.05, 3.63) is 66.1 Å². The molecule has 0 radical (unpaired) electrons. The van der Waals surface area contributed by atoms with Crippen LogP contribution in [-0.4, -0.2) is 52.9 Å². The molecule has 0 saturated carbocycles. The highest BCUT2D eigenvalue weighted by Crippen LogP contribution is 2.17. The molecule has 6 nitrogen and oxygen atoms in total. The van der Waals surface area contributed by atoms with Crippen LogP contribution in [0, 0.1) is 5.82 Å². The molecule has 1 aliphatic rings. The summed E-state index contributed by atoms with van der Waals surface area (Å²) in [4.78, 5) is 31.6. The molecule has 0 bridgehead atoms. The lowest BCUT2D eigenvalue weighted by Crippen LogP contribution is -2.51. The van der Waals surface area contributed by atoms with Crippen molar-refractivity contribution < 1.29 is 14.0 Å². The standard InChI is InChI=1S/C20H19FN4O2/c21-16-3-5-17(6-4-16)23-20(27)25-11-9-24(10-12-25)19(26)15-2-1-14-7-8-22-18(14)13-15/h1-8,13,22H,9-12H2,(H,23,27). The minimum atomic E-state index is -0.349. The van der Waals surface area contributed by atoms with Gasteiger partial charge >= 0.3 is 6.03 Å². The lowest BCUT2D eigenvalue weighted by Gasteiger charge is -2.34. The molecular weight excluding hydrogens is 347 g/mol. The Morgan fingerprint density at radius 2 is 1.63 bits per heavy atom. The zero-order chi connectivity index (χ0) is 18.8. The quantitative estimate of drug-likeness (QED) is 0.731. The lowest BCUT2D eigenvalue weighted by molar-refractivity contribution is 0.0672. The molecule has 3 amide bonds. The van der Waals surface area contributed by atoms with Gasteiger partial charge in [0.25, 0.3) is 5.91 Å². The van der Waals surface area contributed by atoms with E-state index in [0.717, 1.165) is 10.9 Å². The van der Waals surface area contributed by atoms with Gasteiger partial charge in [-0.3, -0.25) is 4.79 Å². The summed E-state index contributed by atoms with van der Waals surface area (Å²) in [6.45, 7) is 1.84. The lowest BCUT2D eigenvalue weighted by atomic mass is 10.1. The summed E-state index contributed by atoms with van der Waals surface area (Å²) in [5.74, 6) is -0.386. The molecule has 3 aromatic rings. The van der Waals surface area contributed by atoms with Gasteiger partial charge in [-0.15, -0.1) is 0 Å². The Kier molecular flexibility index (Phi) is 4.50. The Labute approximate surface area is 155 Å². The third-order valence-corrected chi connectivity index (χ3v) is 4.75. The summed E-state index contributed by atoms with van der Waals surface area (Å²) in [7, 11) is 0. The number of hydrogen-bond donors (Lipinski definition) is 2. The number of amides is 3. The van der Waals surface area contributed by atoms with E-state index in [1.54, 1.807) is 9.80 Å². The van der Waals surface area contributed by atoms with Crippen molar-refractivity contribution in [3.63, 3.8) is 0 Å². The maximum Gasteiger partial charge on any atom is 0.321 e. The predicted octanol–water partition coefficient (Wildman–Crippen LogP) is 3.30. The van der Waals surface area contributed by atoms with Gasteiger partial charge in [0.15, 0.2) is 0 Å². The molecular formula is C20H19FN4O2. The van der Waals surface area contributed by atoms with Crippen LogP contribution in [0.4, 0.5) is 14.9 Å². The van der Waals surface area contributed by atoms with E-state index in [2.05, 4.69) is 10.3 Å². The van der Waals surface area contributed by atoms with Crippen LogP contribution in [0.1, 0.15) is 10.4 Å². The Bertz CT molecular complexity index is 975. The van der Waals surface area contributed by atoms with Crippen molar-refractivity contribution in [2.45, 2.75) is 0 Å². The monoisotopic (exact) mass is 366 g/mol. The first-order chi connectivity index (χ1) is 13.1. The minimum absolute atomic E-state index is 0.0370. The summed E-state index contributed by atoms with van der Waals surface area (Å²) < 4.78 is 12.9. The number of aromatic nitrogens is 1. The summed E-state index contributed by atoms with van der Waals surface area (Å²) in [6, 6.07) is 12.9. The predicted molar refractivity (Wildman–Crippen MR) is 101 cm³/mol. The topological polar surface area (TPSA) is 68.4 Å². The van der Waals surface area contributed by atoms with E-state index in [9.17, 15) is 14.0 Å². The number of urea groups is 1. The van der Waals surface area contributed by atoms with Crippen LogP contribution in [0.15, 0.2) is 54.7 Å². The Morgan fingerprint density at radius 1 is 0.926 bits per heavy atom. The number of fused-ring (bicyclic) bond motifs is 1. The molecule has 138 valence electrons. The van der Waals surface area contributed by atoms with E-state index in [4.69, 9.17) is 0 Å². The van der Waals surface area contributed by atoms with Gasteiger partial charge in [0.2, 0.25) is 0 Å². The number of nitrogens with one attached hydrogen (secondary N) is 2. The number of aromatic amines is 1. The fourth-order valence-electron chi connectivity index (χ4n) is 3.21. The second-order valence-electron chi connectivity index (χ2n) is 6.50. The molecule has 0 aliphatic carbocycles. The van der Waals surface area contributed by atoms with Crippen molar-refractivity contribution in [2.75, 3.05) is 31.5 Å². The van der Waals surface area contributed by atoms with Gasteiger partial charge in [0, 0.05) is 49.1 Å². The van der Waals surface area contributed by atoms with Crippen LogP contribution in [0.25, 0.3) is 10.9 Å². The van der Waals surface area contributed by atoms with Crippen molar-refractivity contribution in [1.82, 2.24) is 14.8 Å². The van der Waals surface area contributed by atoms with E-state index in [0.29, 0.717) is 37.4 Å². The highest BCUT2D eigenvalue weighted by molar-refractivity contribution is 5.98. The van der Waals surface area contributed by atoms with Gasteiger partial charge in [-0.25, -0.2) is 9.18 Å². The number of piperazine rings is 1. The number of hydrogen-bond acceptors (Lipinski definition) is 2. The zero-order valence-corrected chi connectivity index (χ0v) is 14.6. The Balaban J connectivity index is 1.35. The van der Waals surface area contributed by atoms with Crippen LogP contribution in [0.3, 0.4) is 0 Å². The van der Waals surface area contributed by atoms with Crippen molar-refractivity contribution in [3.8, 4) is 0 Å². The number of H-pyrrole nitrogens is 1. The van der Waals surface area contributed by atoms with E-state index in [1.807, 2.05) is 30.5 Å². The van der Waals surface area contributed by atoms with Gasteiger partial charge in [0.05, 0.1) is 0 Å². The smallest absolute Gasteiger partial charge is 0.321 e. The molecule has 1 aliphatic heterocycles. The van der Waals surface area contributed by atoms with E-state index < -0.39 is 0 Å². The van der Waals surface area contributed by atoms with Gasteiger partial charge in [0.1, 0.15) is 5.82 Å². The molecule has 0 atom stereocenters. The zero-order valence-electron chi connectivity index (χ0n) is 14.6. The molecule has 1 saturated heterocycles. The minimum Gasteiger partial charge on any atom is -0.361 e. The molecule has 0 unspecified atom stereocenters. The number of nitrogens with zero attached hydrogens (tertiary/aromatic N) is 2. The molecule has 1 fully saturated rings. The number of anilines is 1. The number of benzene rings is 2. The van der Waals surface area contributed by atoms with Crippen molar-refractivity contribution >= 4 is 28.5 Å². The first-order valence-electron chi connectivity index (χ1n) is 8.78. The summed E-state index contributed by atoms with van der Waals surface area (Å²) in [6.07, 6.45) is 1.84. The van der Waals surface area contributed by atoms with Gasteiger partial charge < -0.3 is 20.1 Å². The van der Waals surface area contributed by atoms with Gasteiger partial charge in [-0.05, 0) is 47.9 Å². The first kappa shape index (κ1) is 17.1. The average molecular weight is 366 g/mol. The fraction of sp³-hybridized carbons (Fsp3) is 0.200.